The van der Waals surface area contributed by atoms with Crippen LogP contribution < -0.4 is 10.2 Å². The Morgan fingerprint density at radius 2 is 1.94 bits per heavy atom. The number of amides is 1. The first kappa shape index (κ1) is 21.9. The van der Waals surface area contributed by atoms with Crippen LogP contribution in [0.4, 0.5) is 10.8 Å². The van der Waals surface area contributed by atoms with Gasteiger partial charge >= 0.3 is 0 Å². The zero-order chi connectivity index (χ0) is 22.5. The summed E-state index contributed by atoms with van der Waals surface area (Å²) in [5.41, 5.74) is 3.08. The first-order valence-electron chi connectivity index (χ1n) is 10.5. The summed E-state index contributed by atoms with van der Waals surface area (Å²) in [5.74, 6) is -0.174. The second-order valence-electron chi connectivity index (χ2n) is 7.77. The number of rotatable bonds is 7. The van der Waals surface area contributed by atoms with Crippen LogP contribution in [0, 0.1) is 17.0 Å². The molecule has 1 aliphatic heterocycles. The highest BCUT2D eigenvalue weighted by Gasteiger charge is 2.19. The van der Waals surface area contributed by atoms with Crippen molar-refractivity contribution in [3.63, 3.8) is 0 Å². The van der Waals surface area contributed by atoms with Gasteiger partial charge in [0.05, 0.1) is 15.1 Å². The van der Waals surface area contributed by atoms with Gasteiger partial charge in [-0.25, -0.2) is 4.98 Å². The lowest BCUT2D eigenvalue weighted by atomic mass is 10.2. The summed E-state index contributed by atoms with van der Waals surface area (Å²) in [6, 6.07) is 12.4. The van der Waals surface area contributed by atoms with E-state index in [0.29, 0.717) is 6.54 Å². The molecular formula is C23H25N5O3S. The van der Waals surface area contributed by atoms with Crippen molar-refractivity contribution < 1.29 is 9.72 Å². The van der Waals surface area contributed by atoms with Crippen molar-refractivity contribution in [2.24, 2.45) is 0 Å². The number of fused-ring (bicyclic) bond motifs is 1. The van der Waals surface area contributed by atoms with Gasteiger partial charge in [0.25, 0.3) is 5.69 Å². The summed E-state index contributed by atoms with van der Waals surface area (Å²) in [7, 11) is 0. The summed E-state index contributed by atoms with van der Waals surface area (Å²) in [5, 5.41) is 14.7. The number of hydrogen-bond acceptors (Lipinski definition) is 7. The van der Waals surface area contributed by atoms with Gasteiger partial charge in [-0.1, -0.05) is 17.4 Å². The predicted molar refractivity (Wildman–Crippen MR) is 128 cm³/mol. The largest absolute Gasteiger partial charge is 0.351 e. The summed E-state index contributed by atoms with van der Waals surface area (Å²) < 4.78 is 1.23. The summed E-state index contributed by atoms with van der Waals surface area (Å²) in [4.78, 5) is 31.7. The molecule has 0 bridgehead atoms. The van der Waals surface area contributed by atoms with Gasteiger partial charge in [0.15, 0.2) is 5.13 Å². The maximum absolute atomic E-state index is 12.0. The Morgan fingerprint density at radius 1 is 1.19 bits per heavy atom. The number of piperazine rings is 1. The van der Waals surface area contributed by atoms with Gasteiger partial charge in [-0.3, -0.25) is 19.8 Å². The predicted octanol–water partition coefficient (Wildman–Crippen LogP) is 3.46. The number of benzene rings is 2. The van der Waals surface area contributed by atoms with Crippen molar-refractivity contribution in [2.75, 3.05) is 44.2 Å². The van der Waals surface area contributed by atoms with Crippen molar-refractivity contribution >= 4 is 44.4 Å². The Morgan fingerprint density at radius 3 is 2.66 bits per heavy atom. The van der Waals surface area contributed by atoms with E-state index in [-0.39, 0.29) is 11.6 Å². The molecule has 1 N–H and O–H groups in total. The number of hydrogen-bond donors (Lipinski definition) is 1. The van der Waals surface area contributed by atoms with Crippen LogP contribution in [0.1, 0.15) is 11.1 Å². The quantitative estimate of drug-likeness (QED) is 0.336. The third kappa shape index (κ3) is 5.49. The Labute approximate surface area is 190 Å². The van der Waals surface area contributed by atoms with Crippen LogP contribution in [0.2, 0.25) is 0 Å². The number of aromatic nitrogens is 1. The summed E-state index contributed by atoms with van der Waals surface area (Å²) in [6.07, 6.45) is 3.10. The number of carbonyl (C=O) groups excluding carboxylic acids is 1. The molecule has 1 amide bonds. The average Bonchev–Trinajstić information content (AvgIpc) is 3.21. The molecule has 3 aromatic rings. The number of nitrogens with zero attached hydrogens (tertiary/aromatic N) is 4. The monoisotopic (exact) mass is 451 g/mol. The number of anilines is 1. The SMILES string of the molecule is Cc1ccc2nc(N3CCN(CCNC(=O)/C=C\c4ccc([N+](=O)[O-])cc4)CC3)sc2c1. The molecule has 0 aliphatic carbocycles. The number of carbonyl (C=O) groups is 1. The highest BCUT2D eigenvalue weighted by atomic mass is 32.1. The zero-order valence-corrected chi connectivity index (χ0v) is 18.7. The van der Waals surface area contributed by atoms with Crippen LogP contribution in [0.3, 0.4) is 0 Å². The molecule has 1 aliphatic rings. The molecule has 1 fully saturated rings. The fraction of sp³-hybridized carbons (Fsp3) is 0.304. The van der Waals surface area contributed by atoms with Crippen molar-refractivity contribution in [3.8, 4) is 0 Å². The van der Waals surface area contributed by atoms with Crippen LogP contribution in [0.15, 0.2) is 48.5 Å². The van der Waals surface area contributed by atoms with Crippen molar-refractivity contribution in [2.45, 2.75) is 6.92 Å². The van der Waals surface area contributed by atoms with Gasteiger partial charge < -0.3 is 10.2 Å². The normalized spacial score (nSPS) is 14.8. The number of nitro groups is 1. The van der Waals surface area contributed by atoms with Crippen molar-refractivity contribution in [1.82, 2.24) is 15.2 Å². The molecule has 1 aromatic heterocycles. The fourth-order valence-corrected chi connectivity index (χ4v) is 4.71. The maximum atomic E-state index is 12.0. The van der Waals surface area contributed by atoms with Crippen LogP contribution in [-0.2, 0) is 4.79 Å². The number of nitro benzene ring substituents is 1. The van der Waals surface area contributed by atoms with E-state index in [1.54, 1.807) is 29.5 Å². The molecule has 0 unspecified atom stereocenters. The lowest BCUT2D eigenvalue weighted by molar-refractivity contribution is -0.384. The minimum absolute atomic E-state index is 0.0323. The van der Waals surface area contributed by atoms with Crippen molar-refractivity contribution in [1.29, 1.82) is 0 Å². The van der Waals surface area contributed by atoms with E-state index in [4.69, 9.17) is 4.98 Å². The third-order valence-electron chi connectivity index (χ3n) is 5.43. The molecule has 2 aromatic carbocycles. The van der Waals surface area contributed by atoms with Crippen LogP contribution in [0.25, 0.3) is 16.3 Å². The van der Waals surface area contributed by atoms with E-state index >= 15 is 0 Å². The minimum Gasteiger partial charge on any atom is -0.351 e. The minimum atomic E-state index is -0.445. The van der Waals surface area contributed by atoms with Crippen LogP contribution in [-0.4, -0.2) is 60.0 Å². The Bertz CT molecular complexity index is 1130. The molecule has 166 valence electrons. The van der Waals surface area contributed by atoms with Crippen molar-refractivity contribution in [3.05, 3.63) is 69.8 Å². The highest BCUT2D eigenvalue weighted by Crippen LogP contribution is 2.30. The van der Waals surface area contributed by atoms with Gasteiger partial charge in [0, 0.05) is 57.5 Å². The molecule has 1 saturated heterocycles. The Hall–Kier alpha value is -3.30. The topological polar surface area (TPSA) is 91.6 Å². The zero-order valence-electron chi connectivity index (χ0n) is 17.9. The van der Waals surface area contributed by atoms with E-state index < -0.39 is 4.92 Å². The Balaban J connectivity index is 1.19. The first-order chi connectivity index (χ1) is 15.5. The number of non-ortho nitro benzene ring substituents is 1. The maximum Gasteiger partial charge on any atom is 0.269 e. The molecular weight excluding hydrogens is 426 g/mol. The van der Waals surface area contributed by atoms with Gasteiger partial charge in [0.1, 0.15) is 0 Å². The Kier molecular flexibility index (Phi) is 6.77. The molecule has 0 spiro atoms. The van der Waals surface area contributed by atoms with E-state index in [1.165, 1.54) is 28.5 Å². The lowest BCUT2D eigenvalue weighted by Gasteiger charge is -2.34. The summed E-state index contributed by atoms with van der Waals surface area (Å²) in [6.45, 7) is 7.18. The molecule has 0 saturated carbocycles. The molecule has 2 heterocycles. The van der Waals surface area contributed by atoms with Gasteiger partial charge in [-0.2, -0.15) is 0 Å². The van der Waals surface area contributed by atoms with Gasteiger partial charge in [0.2, 0.25) is 5.91 Å². The molecule has 0 atom stereocenters. The van der Waals surface area contributed by atoms with E-state index in [9.17, 15) is 14.9 Å². The average molecular weight is 452 g/mol. The van der Waals surface area contributed by atoms with Crippen LogP contribution >= 0.6 is 11.3 Å². The first-order valence-corrected chi connectivity index (χ1v) is 11.3. The third-order valence-corrected chi connectivity index (χ3v) is 6.51. The van der Waals surface area contributed by atoms with Gasteiger partial charge in [-0.15, -0.1) is 0 Å². The van der Waals surface area contributed by atoms with E-state index in [1.807, 2.05) is 0 Å². The van der Waals surface area contributed by atoms with E-state index in [0.717, 1.165) is 48.9 Å². The van der Waals surface area contributed by atoms with E-state index in [2.05, 4.69) is 40.2 Å². The molecule has 0 radical (unpaired) electrons. The highest BCUT2D eigenvalue weighted by molar-refractivity contribution is 7.22. The smallest absolute Gasteiger partial charge is 0.269 e. The number of aryl methyl sites for hydroxylation is 1. The standard InChI is InChI=1S/C23H25N5O3S/c1-17-2-8-20-21(16-17)32-23(25-20)27-14-12-26(13-15-27)11-10-24-22(29)9-5-18-3-6-19(7-4-18)28(30)31/h2-9,16H,10-15H2,1H3,(H,24,29)/b9-5-. The molecule has 4 rings (SSSR count). The summed E-state index contributed by atoms with van der Waals surface area (Å²) >= 11 is 1.75. The molecule has 9 heteroatoms. The molecule has 8 nitrogen and oxygen atoms in total. The second kappa shape index (κ2) is 9.88. The van der Waals surface area contributed by atoms with Gasteiger partial charge in [-0.05, 0) is 48.4 Å². The number of nitrogens with one attached hydrogen (secondary N) is 1. The lowest BCUT2D eigenvalue weighted by Crippen LogP contribution is -2.48. The number of thiazole rings is 1. The molecule has 32 heavy (non-hydrogen) atoms. The fourth-order valence-electron chi connectivity index (χ4n) is 3.59. The second-order valence-corrected chi connectivity index (χ2v) is 8.78. The van der Waals surface area contributed by atoms with Crippen LogP contribution in [0.5, 0.6) is 0 Å².